The van der Waals surface area contributed by atoms with Crippen LogP contribution in [0.5, 0.6) is 0 Å². The number of hydrogen-bond acceptors (Lipinski definition) is 4. The molecule has 1 aromatic heterocycles. The summed E-state index contributed by atoms with van der Waals surface area (Å²) in [6, 6.07) is 5.79. The molecule has 5 nitrogen and oxygen atoms in total. The van der Waals surface area contributed by atoms with Gasteiger partial charge in [-0.15, -0.1) is 0 Å². The van der Waals surface area contributed by atoms with Crippen molar-refractivity contribution in [2.24, 2.45) is 0 Å². The molecule has 1 fully saturated rings. The normalized spacial score (nSPS) is 20.5. The fraction of sp³-hybridized carbons (Fsp3) is 0.615. The van der Waals surface area contributed by atoms with Crippen molar-refractivity contribution in [2.75, 3.05) is 23.7 Å². The van der Waals surface area contributed by atoms with Crippen LogP contribution in [0.25, 0.3) is 0 Å². The summed E-state index contributed by atoms with van der Waals surface area (Å²) in [5.41, 5.74) is 0. The molecule has 106 valence electrons. The van der Waals surface area contributed by atoms with Crippen LogP contribution in [0.3, 0.4) is 0 Å². The third kappa shape index (κ3) is 4.18. The van der Waals surface area contributed by atoms with Crippen LogP contribution in [0.1, 0.15) is 26.2 Å². The van der Waals surface area contributed by atoms with Gasteiger partial charge in [0.2, 0.25) is 10.0 Å². The highest BCUT2D eigenvalue weighted by atomic mass is 32.2. The zero-order valence-corrected chi connectivity index (χ0v) is 12.1. The van der Waals surface area contributed by atoms with Gasteiger partial charge in [-0.3, -0.25) is 0 Å². The Morgan fingerprint density at radius 2 is 2.32 bits per heavy atom. The fourth-order valence-corrected chi connectivity index (χ4v) is 3.76. The number of pyridine rings is 1. The average Bonchev–Trinajstić information content (AvgIpc) is 2.39. The number of nitrogens with zero attached hydrogens (tertiary/aromatic N) is 2. The van der Waals surface area contributed by atoms with E-state index in [0.29, 0.717) is 13.0 Å². The minimum atomic E-state index is -3.13. The monoisotopic (exact) mass is 283 g/mol. The molecule has 0 aliphatic carbocycles. The lowest BCUT2D eigenvalue weighted by atomic mass is 10.1. The molecule has 2 heterocycles. The summed E-state index contributed by atoms with van der Waals surface area (Å²) in [6.07, 6.45) is 4.29. The van der Waals surface area contributed by atoms with Gasteiger partial charge in [0.1, 0.15) is 5.82 Å². The second kappa shape index (κ2) is 6.34. The van der Waals surface area contributed by atoms with Crippen molar-refractivity contribution < 1.29 is 8.42 Å². The number of hydrogen-bond donors (Lipinski definition) is 1. The third-order valence-electron chi connectivity index (χ3n) is 3.21. The van der Waals surface area contributed by atoms with E-state index in [2.05, 4.69) is 14.6 Å². The summed E-state index contributed by atoms with van der Waals surface area (Å²) < 4.78 is 26.4. The van der Waals surface area contributed by atoms with Crippen molar-refractivity contribution >= 4 is 15.8 Å². The van der Waals surface area contributed by atoms with Gasteiger partial charge in [-0.25, -0.2) is 18.1 Å². The van der Waals surface area contributed by atoms with Gasteiger partial charge in [-0.05, 0) is 31.4 Å². The van der Waals surface area contributed by atoms with Crippen molar-refractivity contribution in [1.29, 1.82) is 0 Å². The second-order valence-corrected chi connectivity index (χ2v) is 6.78. The molecule has 0 unspecified atom stereocenters. The number of sulfonamides is 1. The van der Waals surface area contributed by atoms with Crippen molar-refractivity contribution in [2.45, 2.75) is 32.2 Å². The molecule has 1 saturated heterocycles. The molecule has 0 spiro atoms. The van der Waals surface area contributed by atoms with Crippen LogP contribution in [0.4, 0.5) is 5.82 Å². The van der Waals surface area contributed by atoms with Crippen LogP contribution in [0.15, 0.2) is 24.4 Å². The number of rotatable bonds is 5. The van der Waals surface area contributed by atoms with Crippen molar-refractivity contribution in [3.8, 4) is 0 Å². The van der Waals surface area contributed by atoms with Gasteiger partial charge in [0.25, 0.3) is 0 Å². The first-order valence-corrected chi connectivity index (χ1v) is 8.42. The molecule has 0 bridgehead atoms. The summed E-state index contributed by atoms with van der Waals surface area (Å²) in [6.45, 7) is 3.50. The van der Waals surface area contributed by atoms with Gasteiger partial charge in [0.05, 0.1) is 5.75 Å². The van der Waals surface area contributed by atoms with E-state index in [1.165, 1.54) is 0 Å². The van der Waals surface area contributed by atoms with Crippen molar-refractivity contribution in [1.82, 2.24) is 9.71 Å². The molecule has 0 amide bonds. The molecular weight excluding hydrogens is 262 g/mol. The maximum atomic E-state index is 11.8. The van der Waals surface area contributed by atoms with E-state index >= 15 is 0 Å². The topological polar surface area (TPSA) is 62.3 Å². The van der Waals surface area contributed by atoms with Crippen molar-refractivity contribution in [3.63, 3.8) is 0 Å². The predicted molar refractivity (Wildman–Crippen MR) is 76.7 cm³/mol. The number of aromatic nitrogens is 1. The van der Waals surface area contributed by atoms with Gasteiger partial charge < -0.3 is 4.90 Å². The van der Waals surface area contributed by atoms with E-state index in [9.17, 15) is 8.42 Å². The molecule has 0 saturated carbocycles. The lowest BCUT2D eigenvalue weighted by Gasteiger charge is -2.33. The molecule has 0 aromatic carbocycles. The first-order valence-electron chi connectivity index (χ1n) is 6.76. The van der Waals surface area contributed by atoms with Gasteiger partial charge >= 0.3 is 0 Å². The first kappa shape index (κ1) is 14.3. The summed E-state index contributed by atoms with van der Waals surface area (Å²) in [7, 11) is -3.13. The minimum absolute atomic E-state index is 0.00712. The van der Waals surface area contributed by atoms with Crippen LogP contribution in [0, 0.1) is 0 Å². The van der Waals surface area contributed by atoms with E-state index < -0.39 is 10.0 Å². The van der Waals surface area contributed by atoms with Gasteiger partial charge in [0, 0.05) is 25.3 Å². The van der Waals surface area contributed by atoms with E-state index in [0.717, 1.165) is 25.2 Å². The molecule has 1 aliphatic rings. The summed E-state index contributed by atoms with van der Waals surface area (Å²) in [5, 5.41) is 0. The maximum absolute atomic E-state index is 11.8. The summed E-state index contributed by atoms with van der Waals surface area (Å²) >= 11 is 0. The molecule has 6 heteroatoms. The average molecular weight is 283 g/mol. The largest absolute Gasteiger partial charge is 0.355 e. The zero-order chi connectivity index (χ0) is 13.7. The van der Waals surface area contributed by atoms with E-state index in [1.807, 2.05) is 25.1 Å². The molecular formula is C13H21N3O2S. The third-order valence-corrected chi connectivity index (χ3v) is 4.85. The summed E-state index contributed by atoms with van der Waals surface area (Å²) in [5.74, 6) is 1.12. The number of nitrogens with one attached hydrogen (secondary N) is 1. The molecule has 19 heavy (non-hydrogen) atoms. The van der Waals surface area contributed by atoms with E-state index in [1.54, 1.807) is 6.20 Å². The highest BCUT2D eigenvalue weighted by molar-refractivity contribution is 7.89. The SMILES string of the molecule is CCCS(=O)(=O)N[C@H]1CCCN(c2ccccn2)C1. The zero-order valence-electron chi connectivity index (χ0n) is 11.2. The van der Waals surface area contributed by atoms with Crippen molar-refractivity contribution in [3.05, 3.63) is 24.4 Å². The van der Waals surface area contributed by atoms with Crippen LogP contribution >= 0.6 is 0 Å². The minimum Gasteiger partial charge on any atom is -0.355 e. The smallest absolute Gasteiger partial charge is 0.211 e. The number of anilines is 1. The highest BCUT2D eigenvalue weighted by Gasteiger charge is 2.24. The fourth-order valence-electron chi connectivity index (χ4n) is 2.40. The Hall–Kier alpha value is -1.14. The lowest BCUT2D eigenvalue weighted by Crippen LogP contribution is -2.48. The first-order chi connectivity index (χ1) is 9.11. The van der Waals surface area contributed by atoms with Gasteiger partial charge in [-0.2, -0.15) is 0 Å². The van der Waals surface area contributed by atoms with Crippen LogP contribution in [-0.2, 0) is 10.0 Å². The Labute approximate surface area is 115 Å². The predicted octanol–water partition coefficient (Wildman–Crippen LogP) is 1.38. The maximum Gasteiger partial charge on any atom is 0.211 e. The molecule has 0 radical (unpaired) electrons. The Morgan fingerprint density at radius 3 is 3.00 bits per heavy atom. The molecule has 1 atom stereocenters. The molecule has 2 rings (SSSR count). The van der Waals surface area contributed by atoms with E-state index in [-0.39, 0.29) is 11.8 Å². The van der Waals surface area contributed by atoms with E-state index in [4.69, 9.17) is 0 Å². The Kier molecular flexibility index (Phi) is 4.76. The Morgan fingerprint density at radius 1 is 1.47 bits per heavy atom. The molecule has 1 aliphatic heterocycles. The Bertz CT molecular complexity index is 490. The van der Waals surface area contributed by atoms with Gasteiger partial charge in [-0.1, -0.05) is 13.0 Å². The number of piperidine rings is 1. The van der Waals surface area contributed by atoms with Gasteiger partial charge in [0.15, 0.2) is 0 Å². The quantitative estimate of drug-likeness (QED) is 0.887. The Balaban J connectivity index is 1.98. The van der Waals surface area contributed by atoms with Crippen LogP contribution in [-0.4, -0.2) is 38.3 Å². The van der Waals surface area contributed by atoms with Crippen LogP contribution in [0.2, 0.25) is 0 Å². The molecule has 1 N–H and O–H groups in total. The standard InChI is InChI=1S/C13H21N3O2S/c1-2-10-19(17,18)15-12-6-5-9-16(11-12)13-7-3-4-8-14-13/h3-4,7-8,12,15H,2,5-6,9-11H2,1H3/t12-/m0/s1. The second-order valence-electron chi connectivity index (χ2n) is 4.91. The summed E-state index contributed by atoms with van der Waals surface area (Å²) in [4.78, 5) is 6.46. The van der Waals surface area contributed by atoms with Crippen LogP contribution < -0.4 is 9.62 Å². The lowest BCUT2D eigenvalue weighted by molar-refractivity contribution is 0.464. The highest BCUT2D eigenvalue weighted by Crippen LogP contribution is 2.17. The molecule has 1 aromatic rings.